The molecule has 0 unspecified atom stereocenters. The van der Waals surface area contributed by atoms with Gasteiger partial charge in [0.15, 0.2) is 5.82 Å². The molecule has 1 atom stereocenters. The van der Waals surface area contributed by atoms with E-state index in [2.05, 4.69) is 20.8 Å². The first-order chi connectivity index (χ1) is 11.1. The summed E-state index contributed by atoms with van der Waals surface area (Å²) in [4.78, 5) is 24.0. The lowest BCUT2D eigenvalue weighted by Crippen LogP contribution is -2.37. The van der Waals surface area contributed by atoms with Gasteiger partial charge in [-0.2, -0.15) is 0 Å². The van der Waals surface area contributed by atoms with Crippen LogP contribution in [0.4, 0.5) is 5.69 Å². The van der Waals surface area contributed by atoms with Gasteiger partial charge in [-0.1, -0.05) is 23.7 Å². The monoisotopic (exact) mass is 333 g/mol. The highest BCUT2D eigenvalue weighted by Gasteiger charge is 2.24. The molecule has 2 heterocycles. The van der Waals surface area contributed by atoms with Crippen molar-refractivity contribution in [1.29, 1.82) is 0 Å². The summed E-state index contributed by atoms with van der Waals surface area (Å²) < 4.78 is 1.98. The van der Waals surface area contributed by atoms with Crippen LogP contribution in [0.15, 0.2) is 24.3 Å². The molecule has 1 aromatic heterocycles. The van der Waals surface area contributed by atoms with Crippen molar-refractivity contribution in [2.24, 2.45) is 0 Å². The van der Waals surface area contributed by atoms with Crippen molar-refractivity contribution in [3.05, 3.63) is 40.9 Å². The van der Waals surface area contributed by atoms with Gasteiger partial charge in [-0.15, -0.1) is 10.2 Å². The number of para-hydroxylation sites is 1. The van der Waals surface area contributed by atoms with Crippen molar-refractivity contribution in [2.45, 2.75) is 32.4 Å². The number of carbonyl (C=O) groups is 2. The van der Waals surface area contributed by atoms with E-state index in [1.165, 1.54) is 0 Å². The van der Waals surface area contributed by atoms with Gasteiger partial charge in [0.05, 0.1) is 16.8 Å². The van der Waals surface area contributed by atoms with E-state index in [0.29, 0.717) is 16.5 Å². The van der Waals surface area contributed by atoms with E-state index >= 15 is 0 Å². The maximum atomic E-state index is 12.0. The average molecular weight is 334 g/mol. The maximum absolute atomic E-state index is 12.0. The molecule has 0 spiro atoms. The van der Waals surface area contributed by atoms with E-state index in [-0.39, 0.29) is 0 Å². The summed E-state index contributed by atoms with van der Waals surface area (Å²) in [5.74, 6) is 0.0666. The number of aryl methyl sites for hydroxylation is 1. The summed E-state index contributed by atoms with van der Waals surface area (Å²) >= 11 is 5.96. The topological polar surface area (TPSA) is 88.9 Å². The molecule has 2 aromatic rings. The van der Waals surface area contributed by atoms with Crippen molar-refractivity contribution < 1.29 is 9.59 Å². The van der Waals surface area contributed by atoms with Crippen LogP contribution in [-0.4, -0.2) is 26.6 Å². The standard InChI is InChI=1S/C15H16ClN5O2/c1-9(13-20-19-12-7-4-8-21(12)13)17-14(22)15(23)18-11-6-3-2-5-10(11)16/h2-3,5-6,9H,4,7-8H2,1H3,(H,17,22)(H,18,23)/t9-/m1/s1. The third kappa shape index (κ3) is 3.19. The fourth-order valence-corrected chi connectivity index (χ4v) is 2.74. The number of hydrogen-bond donors (Lipinski definition) is 2. The van der Waals surface area contributed by atoms with Crippen LogP contribution in [0.2, 0.25) is 5.02 Å². The van der Waals surface area contributed by atoms with Crippen molar-refractivity contribution in [3.8, 4) is 0 Å². The van der Waals surface area contributed by atoms with Crippen molar-refractivity contribution in [3.63, 3.8) is 0 Å². The predicted octanol–water partition coefficient (Wildman–Crippen LogP) is 1.69. The molecule has 1 aliphatic heterocycles. The number of hydrogen-bond acceptors (Lipinski definition) is 4. The molecule has 0 fully saturated rings. The highest BCUT2D eigenvalue weighted by Crippen LogP contribution is 2.21. The molecule has 0 aliphatic carbocycles. The second-order valence-electron chi connectivity index (χ2n) is 5.36. The minimum absolute atomic E-state index is 0.372. The molecule has 8 heteroatoms. The van der Waals surface area contributed by atoms with Gasteiger partial charge in [-0.05, 0) is 25.5 Å². The molecule has 1 aromatic carbocycles. The van der Waals surface area contributed by atoms with Gasteiger partial charge in [-0.3, -0.25) is 9.59 Å². The highest BCUT2D eigenvalue weighted by atomic mass is 35.5. The third-order valence-corrected chi connectivity index (χ3v) is 4.03. The Hall–Kier alpha value is -2.41. The molecule has 2 N–H and O–H groups in total. The van der Waals surface area contributed by atoms with Crippen LogP contribution in [0.5, 0.6) is 0 Å². The molecule has 0 bridgehead atoms. The first-order valence-electron chi connectivity index (χ1n) is 7.34. The molecule has 120 valence electrons. The zero-order valence-corrected chi connectivity index (χ0v) is 13.3. The number of nitrogens with zero attached hydrogens (tertiary/aromatic N) is 3. The van der Waals surface area contributed by atoms with Gasteiger partial charge >= 0.3 is 11.8 Å². The second-order valence-corrected chi connectivity index (χ2v) is 5.77. The SMILES string of the molecule is C[C@@H](NC(=O)C(=O)Nc1ccccc1Cl)c1nnc2n1CCC2. The smallest absolute Gasteiger partial charge is 0.313 e. The molecular weight excluding hydrogens is 318 g/mol. The molecule has 1 aliphatic rings. The minimum Gasteiger partial charge on any atom is -0.338 e. The number of rotatable bonds is 3. The average Bonchev–Trinajstić information content (AvgIpc) is 3.12. The van der Waals surface area contributed by atoms with Crippen LogP contribution in [0, 0.1) is 0 Å². The summed E-state index contributed by atoms with van der Waals surface area (Å²) in [5, 5.41) is 13.7. The van der Waals surface area contributed by atoms with Crippen molar-refractivity contribution in [2.75, 3.05) is 5.32 Å². The Labute approximate surface area is 138 Å². The van der Waals surface area contributed by atoms with Crippen molar-refractivity contribution in [1.82, 2.24) is 20.1 Å². The summed E-state index contributed by atoms with van der Waals surface area (Å²) in [5.41, 5.74) is 0.394. The molecule has 23 heavy (non-hydrogen) atoms. The molecule has 0 saturated heterocycles. The number of benzene rings is 1. The zero-order chi connectivity index (χ0) is 16.4. The minimum atomic E-state index is -0.772. The Morgan fingerprint density at radius 3 is 2.83 bits per heavy atom. The number of anilines is 1. The van der Waals surface area contributed by atoms with Crippen LogP contribution >= 0.6 is 11.6 Å². The molecule has 0 saturated carbocycles. The van der Waals surface area contributed by atoms with Gasteiger partial charge in [0.1, 0.15) is 5.82 Å². The largest absolute Gasteiger partial charge is 0.338 e. The van der Waals surface area contributed by atoms with Gasteiger partial charge in [0, 0.05) is 13.0 Å². The quantitative estimate of drug-likeness (QED) is 0.837. The summed E-state index contributed by atoms with van der Waals surface area (Å²) in [7, 11) is 0. The van der Waals surface area contributed by atoms with Gasteiger partial charge in [-0.25, -0.2) is 0 Å². The Morgan fingerprint density at radius 2 is 2.04 bits per heavy atom. The van der Waals surface area contributed by atoms with E-state index in [1.807, 2.05) is 4.57 Å². The van der Waals surface area contributed by atoms with E-state index in [4.69, 9.17) is 11.6 Å². The Bertz CT molecular complexity index is 758. The Balaban J connectivity index is 1.64. The number of aromatic nitrogens is 3. The van der Waals surface area contributed by atoms with E-state index < -0.39 is 17.9 Å². The number of nitrogens with one attached hydrogen (secondary N) is 2. The van der Waals surface area contributed by atoms with Crippen LogP contribution in [0.3, 0.4) is 0 Å². The molecule has 3 rings (SSSR count). The lowest BCUT2D eigenvalue weighted by Gasteiger charge is -2.14. The number of fused-ring (bicyclic) bond motifs is 1. The van der Waals surface area contributed by atoms with Crippen molar-refractivity contribution >= 4 is 29.1 Å². The van der Waals surface area contributed by atoms with Crippen LogP contribution in [0.1, 0.15) is 31.0 Å². The number of carbonyl (C=O) groups excluding carboxylic acids is 2. The molecular formula is C15H16ClN5O2. The van der Waals surface area contributed by atoms with Gasteiger partial charge in [0.25, 0.3) is 0 Å². The third-order valence-electron chi connectivity index (χ3n) is 3.70. The summed E-state index contributed by atoms with van der Waals surface area (Å²) in [6.07, 6.45) is 1.91. The Morgan fingerprint density at radius 1 is 1.26 bits per heavy atom. The first kappa shape index (κ1) is 15.5. The fourth-order valence-electron chi connectivity index (χ4n) is 2.56. The van der Waals surface area contributed by atoms with Gasteiger partial charge < -0.3 is 15.2 Å². The first-order valence-corrected chi connectivity index (χ1v) is 7.72. The summed E-state index contributed by atoms with van der Waals surface area (Å²) in [6, 6.07) is 6.33. The van der Waals surface area contributed by atoms with Gasteiger partial charge in [0.2, 0.25) is 0 Å². The molecule has 2 amide bonds. The Kier molecular flexibility index (Phi) is 4.29. The number of halogens is 1. The maximum Gasteiger partial charge on any atom is 0.313 e. The number of amides is 2. The van der Waals surface area contributed by atoms with Crippen LogP contribution in [0.25, 0.3) is 0 Å². The predicted molar refractivity (Wildman–Crippen MR) is 85.0 cm³/mol. The fraction of sp³-hybridized carbons (Fsp3) is 0.333. The lowest BCUT2D eigenvalue weighted by molar-refractivity contribution is -0.136. The van der Waals surface area contributed by atoms with E-state index in [1.54, 1.807) is 31.2 Å². The highest BCUT2D eigenvalue weighted by molar-refractivity contribution is 6.41. The molecule has 7 nitrogen and oxygen atoms in total. The zero-order valence-electron chi connectivity index (χ0n) is 12.5. The second kappa shape index (κ2) is 6.37. The van der Waals surface area contributed by atoms with Crippen LogP contribution < -0.4 is 10.6 Å². The summed E-state index contributed by atoms with van der Waals surface area (Å²) in [6.45, 7) is 2.61. The normalized spacial score (nSPS) is 14.2. The van der Waals surface area contributed by atoms with Crippen LogP contribution in [-0.2, 0) is 22.6 Å². The van der Waals surface area contributed by atoms with E-state index in [9.17, 15) is 9.59 Å². The molecule has 0 radical (unpaired) electrons. The lowest BCUT2D eigenvalue weighted by atomic mass is 10.3. The van der Waals surface area contributed by atoms with E-state index in [0.717, 1.165) is 25.2 Å².